The van der Waals surface area contributed by atoms with Gasteiger partial charge in [0.05, 0.1) is 26.4 Å². The second-order valence-electron chi connectivity index (χ2n) is 7.87. The lowest BCUT2D eigenvalue weighted by Gasteiger charge is -2.35. The molecule has 1 atom stereocenters. The van der Waals surface area contributed by atoms with Gasteiger partial charge >= 0.3 is 0 Å². The monoisotopic (exact) mass is 434 g/mol. The largest absolute Gasteiger partial charge is 0.497 e. The first kappa shape index (κ1) is 22.1. The molecule has 6 heteroatoms. The van der Waals surface area contributed by atoms with Gasteiger partial charge in [0.25, 0.3) is 0 Å². The molecular formula is C26H30N2O4. The normalized spacial score (nSPS) is 15.3. The third-order valence-corrected chi connectivity index (χ3v) is 5.80. The molecule has 1 aliphatic heterocycles. The van der Waals surface area contributed by atoms with E-state index < -0.39 is 0 Å². The number of ether oxygens (including phenoxy) is 2. The molecule has 168 valence electrons. The average Bonchev–Trinajstić information content (AvgIpc) is 3.34. The Morgan fingerprint density at radius 1 is 1.03 bits per heavy atom. The van der Waals surface area contributed by atoms with Gasteiger partial charge in [-0.2, -0.15) is 0 Å². The number of carbonyl (C=O) groups is 1. The highest BCUT2D eigenvalue weighted by Gasteiger charge is 2.23. The van der Waals surface area contributed by atoms with Crippen LogP contribution in [0.2, 0.25) is 0 Å². The molecule has 1 N–H and O–H groups in total. The minimum atomic E-state index is 0.0226. The van der Waals surface area contributed by atoms with Gasteiger partial charge in [-0.1, -0.05) is 42.5 Å². The first-order valence-corrected chi connectivity index (χ1v) is 11.1. The molecule has 0 spiro atoms. The fourth-order valence-electron chi connectivity index (χ4n) is 3.98. The van der Waals surface area contributed by atoms with E-state index in [1.54, 1.807) is 7.11 Å². The number of morpholine rings is 1. The van der Waals surface area contributed by atoms with Crippen LogP contribution in [-0.4, -0.2) is 50.8 Å². The van der Waals surface area contributed by atoms with Crippen molar-refractivity contribution in [1.82, 2.24) is 10.2 Å². The predicted molar refractivity (Wildman–Crippen MR) is 124 cm³/mol. The highest BCUT2D eigenvalue weighted by Crippen LogP contribution is 2.24. The molecule has 1 amide bonds. The van der Waals surface area contributed by atoms with Crippen molar-refractivity contribution in [3.05, 3.63) is 78.1 Å². The number of methoxy groups -OCH3 is 1. The summed E-state index contributed by atoms with van der Waals surface area (Å²) in [5.74, 6) is 2.49. The van der Waals surface area contributed by atoms with Gasteiger partial charge in [-0.3, -0.25) is 9.69 Å². The van der Waals surface area contributed by atoms with Crippen LogP contribution in [0.15, 0.2) is 71.1 Å². The van der Waals surface area contributed by atoms with Gasteiger partial charge in [0, 0.05) is 38.0 Å². The fraction of sp³-hybridized carbons (Fsp3) is 0.346. The van der Waals surface area contributed by atoms with Crippen molar-refractivity contribution in [2.24, 2.45) is 0 Å². The van der Waals surface area contributed by atoms with Crippen molar-refractivity contribution in [2.45, 2.75) is 18.9 Å². The van der Waals surface area contributed by atoms with Gasteiger partial charge in [0.2, 0.25) is 5.91 Å². The van der Waals surface area contributed by atoms with Crippen molar-refractivity contribution in [2.75, 3.05) is 40.0 Å². The number of furan rings is 1. The molecule has 1 aromatic heterocycles. The van der Waals surface area contributed by atoms with E-state index in [9.17, 15) is 4.79 Å². The lowest BCUT2D eigenvalue weighted by molar-refractivity contribution is -0.121. The van der Waals surface area contributed by atoms with Crippen LogP contribution < -0.4 is 10.1 Å². The predicted octanol–water partition coefficient (Wildman–Crippen LogP) is 4.08. The first-order valence-electron chi connectivity index (χ1n) is 11.1. The second kappa shape index (κ2) is 11.0. The Kier molecular flexibility index (Phi) is 7.59. The van der Waals surface area contributed by atoms with Crippen molar-refractivity contribution in [1.29, 1.82) is 0 Å². The second-order valence-corrected chi connectivity index (χ2v) is 7.87. The van der Waals surface area contributed by atoms with Gasteiger partial charge in [-0.15, -0.1) is 0 Å². The lowest BCUT2D eigenvalue weighted by Crippen LogP contribution is -2.43. The topological polar surface area (TPSA) is 63.9 Å². The molecule has 1 saturated heterocycles. The summed E-state index contributed by atoms with van der Waals surface area (Å²) in [5, 5.41) is 3.12. The van der Waals surface area contributed by atoms with Gasteiger partial charge in [0.1, 0.15) is 17.3 Å². The molecule has 6 nitrogen and oxygen atoms in total. The number of hydrogen-bond acceptors (Lipinski definition) is 5. The summed E-state index contributed by atoms with van der Waals surface area (Å²) >= 11 is 0. The number of amides is 1. The third kappa shape index (κ3) is 5.78. The third-order valence-electron chi connectivity index (χ3n) is 5.80. The quantitative estimate of drug-likeness (QED) is 0.550. The Labute approximate surface area is 189 Å². The van der Waals surface area contributed by atoms with Crippen molar-refractivity contribution < 1.29 is 18.7 Å². The molecule has 0 bridgehead atoms. The molecule has 32 heavy (non-hydrogen) atoms. The van der Waals surface area contributed by atoms with Crippen molar-refractivity contribution >= 4 is 5.91 Å². The van der Waals surface area contributed by atoms with Crippen LogP contribution >= 0.6 is 0 Å². The maximum atomic E-state index is 12.6. The summed E-state index contributed by atoms with van der Waals surface area (Å²) in [7, 11) is 1.66. The standard InChI is InChI=1S/C26H30N2O4/c1-30-22-9-7-20(8-10-22)24(28-15-17-31-18-16-28)19-27-26(29)14-12-23-11-13-25(32-23)21-5-3-2-4-6-21/h2-11,13,24H,12,14-19H2,1H3,(H,27,29). The molecule has 0 saturated carbocycles. The van der Waals surface area contributed by atoms with E-state index in [1.807, 2.05) is 54.6 Å². The number of aryl methyl sites for hydroxylation is 1. The van der Waals surface area contributed by atoms with Crippen LogP contribution in [0.3, 0.4) is 0 Å². The van der Waals surface area contributed by atoms with Crippen LogP contribution in [-0.2, 0) is 16.0 Å². The summed E-state index contributed by atoms with van der Waals surface area (Å²) in [5.41, 5.74) is 2.20. The van der Waals surface area contributed by atoms with Gasteiger partial charge in [-0.25, -0.2) is 0 Å². The van der Waals surface area contributed by atoms with Crippen LogP contribution in [0.25, 0.3) is 11.3 Å². The number of hydrogen-bond donors (Lipinski definition) is 1. The van der Waals surface area contributed by atoms with Crippen LogP contribution in [0.4, 0.5) is 0 Å². The summed E-state index contributed by atoms with van der Waals surface area (Å²) in [6.45, 7) is 3.67. The van der Waals surface area contributed by atoms with E-state index >= 15 is 0 Å². The average molecular weight is 435 g/mol. The lowest BCUT2D eigenvalue weighted by atomic mass is 10.0. The van der Waals surface area contributed by atoms with E-state index in [-0.39, 0.29) is 11.9 Å². The Morgan fingerprint density at radius 3 is 2.50 bits per heavy atom. The SMILES string of the molecule is COc1ccc(C(CNC(=O)CCc2ccc(-c3ccccc3)o2)N2CCOCC2)cc1. The zero-order valence-electron chi connectivity index (χ0n) is 18.5. The number of nitrogens with one attached hydrogen (secondary N) is 1. The molecular weight excluding hydrogens is 404 g/mol. The zero-order chi connectivity index (χ0) is 22.2. The Bertz CT molecular complexity index is 979. The smallest absolute Gasteiger partial charge is 0.220 e. The molecule has 4 rings (SSSR count). The molecule has 0 aliphatic carbocycles. The van der Waals surface area contributed by atoms with E-state index in [0.29, 0.717) is 32.6 Å². The Hall–Kier alpha value is -3.09. The fourth-order valence-corrected chi connectivity index (χ4v) is 3.98. The number of nitrogens with zero attached hydrogens (tertiary/aromatic N) is 1. The molecule has 3 aromatic rings. The van der Waals surface area contributed by atoms with Crippen LogP contribution in [0.1, 0.15) is 23.8 Å². The highest BCUT2D eigenvalue weighted by atomic mass is 16.5. The van der Waals surface area contributed by atoms with E-state index in [4.69, 9.17) is 13.9 Å². The molecule has 1 unspecified atom stereocenters. The summed E-state index contributed by atoms with van der Waals surface area (Å²) in [6, 6.07) is 22.0. The van der Waals surface area contributed by atoms with Crippen LogP contribution in [0, 0.1) is 0 Å². The van der Waals surface area contributed by atoms with E-state index in [0.717, 1.165) is 41.5 Å². The highest BCUT2D eigenvalue weighted by molar-refractivity contribution is 5.76. The Morgan fingerprint density at radius 2 is 1.78 bits per heavy atom. The minimum Gasteiger partial charge on any atom is -0.497 e. The minimum absolute atomic E-state index is 0.0226. The molecule has 2 aromatic carbocycles. The molecule has 0 radical (unpaired) electrons. The molecule has 2 heterocycles. The van der Waals surface area contributed by atoms with E-state index in [2.05, 4.69) is 22.3 Å². The van der Waals surface area contributed by atoms with Crippen LogP contribution in [0.5, 0.6) is 5.75 Å². The summed E-state index contributed by atoms with van der Waals surface area (Å²) < 4.78 is 16.7. The maximum absolute atomic E-state index is 12.6. The number of benzene rings is 2. The maximum Gasteiger partial charge on any atom is 0.220 e. The molecule has 1 aliphatic rings. The first-order chi connectivity index (χ1) is 15.7. The van der Waals surface area contributed by atoms with Gasteiger partial charge in [-0.05, 0) is 29.8 Å². The molecule has 1 fully saturated rings. The number of rotatable bonds is 9. The van der Waals surface area contributed by atoms with Gasteiger partial charge in [0.15, 0.2) is 0 Å². The van der Waals surface area contributed by atoms with Crippen molar-refractivity contribution in [3.63, 3.8) is 0 Å². The zero-order valence-corrected chi connectivity index (χ0v) is 18.5. The van der Waals surface area contributed by atoms with E-state index in [1.165, 1.54) is 0 Å². The Balaban J connectivity index is 1.33. The number of carbonyl (C=O) groups excluding carboxylic acids is 1. The van der Waals surface area contributed by atoms with Gasteiger partial charge < -0.3 is 19.2 Å². The summed E-state index contributed by atoms with van der Waals surface area (Å²) in [4.78, 5) is 15.0. The summed E-state index contributed by atoms with van der Waals surface area (Å²) in [6.07, 6.45) is 0.962. The van der Waals surface area contributed by atoms with Crippen molar-refractivity contribution in [3.8, 4) is 17.1 Å².